The van der Waals surface area contributed by atoms with Crippen LogP contribution in [0.25, 0.3) is 0 Å². The Morgan fingerprint density at radius 3 is 2.59 bits per heavy atom. The summed E-state index contributed by atoms with van der Waals surface area (Å²) in [6.07, 6.45) is 1.34. The number of benzene rings is 1. The summed E-state index contributed by atoms with van der Waals surface area (Å²) < 4.78 is 6.02. The Balaban J connectivity index is 2.59. The molecule has 0 aromatic heterocycles. The third kappa shape index (κ3) is 2.34. The quantitative estimate of drug-likeness (QED) is 0.892. The molecule has 0 fully saturated rings. The molecule has 1 aromatic rings. The van der Waals surface area contributed by atoms with Crippen molar-refractivity contribution in [2.45, 2.75) is 52.6 Å². The van der Waals surface area contributed by atoms with E-state index in [2.05, 4.69) is 0 Å². The highest BCUT2D eigenvalue weighted by atomic mass is 16.5. The smallest absolute Gasteiger partial charge is 0.313 e. The third-order valence-electron chi connectivity index (χ3n) is 4.72. The van der Waals surface area contributed by atoms with E-state index in [9.17, 15) is 19.8 Å². The summed E-state index contributed by atoms with van der Waals surface area (Å²) in [7, 11) is 0. The third-order valence-corrected chi connectivity index (χ3v) is 4.72. The molecule has 5 heteroatoms. The maximum absolute atomic E-state index is 12.5. The molecule has 2 rings (SSSR count). The van der Waals surface area contributed by atoms with Crippen molar-refractivity contribution in [1.82, 2.24) is 0 Å². The SMILES string of the molecule is CCCc1c(O)ccc2c1OC(C)(C(C)(C)C(=O)O)CC2=O. The number of carboxylic acids is 1. The molecule has 0 bridgehead atoms. The van der Waals surface area contributed by atoms with E-state index < -0.39 is 17.0 Å². The van der Waals surface area contributed by atoms with Crippen LogP contribution in [0.15, 0.2) is 12.1 Å². The van der Waals surface area contributed by atoms with Crippen molar-refractivity contribution in [3.63, 3.8) is 0 Å². The highest BCUT2D eigenvalue weighted by Gasteiger charge is 2.53. The molecule has 120 valence electrons. The molecule has 5 nitrogen and oxygen atoms in total. The van der Waals surface area contributed by atoms with E-state index >= 15 is 0 Å². The lowest BCUT2D eigenvalue weighted by Crippen LogP contribution is -2.54. The van der Waals surface area contributed by atoms with E-state index in [-0.39, 0.29) is 18.0 Å². The fourth-order valence-corrected chi connectivity index (χ4v) is 2.68. The van der Waals surface area contributed by atoms with Gasteiger partial charge in [0, 0.05) is 5.56 Å². The molecule has 1 unspecified atom stereocenters. The Hall–Kier alpha value is -2.04. The normalized spacial score (nSPS) is 21.2. The van der Waals surface area contributed by atoms with Crippen molar-refractivity contribution in [1.29, 1.82) is 0 Å². The van der Waals surface area contributed by atoms with Gasteiger partial charge in [0.2, 0.25) is 0 Å². The minimum absolute atomic E-state index is 0.00433. The second-order valence-corrected chi connectivity index (χ2v) is 6.55. The van der Waals surface area contributed by atoms with Crippen LogP contribution >= 0.6 is 0 Å². The first-order valence-electron chi connectivity index (χ1n) is 7.44. The molecular weight excluding hydrogens is 284 g/mol. The van der Waals surface area contributed by atoms with Crippen LogP contribution in [0.2, 0.25) is 0 Å². The fourth-order valence-electron chi connectivity index (χ4n) is 2.68. The van der Waals surface area contributed by atoms with Gasteiger partial charge in [0.05, 0.1) is 12.0 Å². The zero-order valence-electron chi connectivity index (χ0n) is 13.4. The standard InChI is InChI=1S/C17H22O5/c1-5-6-10-12(18)8-7-11-13(19)9-17(4,22-14(10)11)16(2,3)15(20)21/h7-8,18H,5-6,9H2,1-4H3,(H,20,21). The second kappa shape index (κ2) is 5.30. The molecule has 0 saturated carbocycles. The zero-order valence-corrected chi connectivity index (χ0v) is 13.4. The number of phenolic OH excluding ortho intramolecular Hbond substituents is 1. The first-order chi connectivity index (χ1) is 10.1. The number of rotatable bonds is 4. The van der Waals surface area contributed by atoms with Crippen molar-refractivity contribution < 1.29 is 24.5 Å². The molecule has 0 amide bonds. The van der Waals surface area contributed by atoms with Crippen molar-refractivity contribution in [3.05, 3.63) is 23.3 Å². The van der Waals surface area contributed by atoms with Gasteiger partial charge >= 0.3 is 5.97 Å². The van der Waals surface area contributed by atoms with Crippen LogP contribution in [0.3, 0.4) is 0 Å². The highest BCUT2D eigenvalue weighted by molar-refractivity contribution is 6.01. The zero-order chi connectivity index (χ0) is 16.7. The maximum Gasteiger partial charge on any atom is 0.313 e. The minimum atomic E-state index is -1.24. The molecular formula is C17H22O5. The predicted molar refractivity (Wildman–Crippen MR) is 81.5 cm³/mol. The van der Waals surface area contributed by atoms with Crippen molar-refractivity contribution in [2.24, 2.45) is 5.41 Å². The molecule has 1 heterocycles. The highest BCUT2D eigenvalue weighted by Crippen LogP contribution is 2.46. The molecule has 1 aliphatic heterocycles. The van der Waals surface area contributed by atoms with Crippen LogP contribution in [0, 0.1) is 5.41 Å². The van der Waals surface area contributed by atoms with Crippen molar-refractivity contribution >= 4 is 11.8 Å². The van der Waals surface area contributed by atoms with Gasteiger partial charge in [-0.05, 0) is 39.3 Å². The van der Waals surface area contributed by atoms with Gasteiger partial charge in [0.15, 0.2) is 5.78 Å². The molecule has 1 aliphatic rings. The average Bonchev–Trinajstić information content (AvgIpc) is 2.41. The molecule has 1 aromatic carbocycles. The van der Waals surface area contributed by atoms with Gasteiger partial charge in [-0.15, -0.1) is 0 Å². The largest absolute Gasteiger partial charge is 0.508 e. The van der Waals surface area contributed by atoms with E-state index in [4.69, 9.17) is 4.74 Å². The topological polar surface area (TPSA) is 83.8 Å². The summed E-state index contributed by atoms with van der Waals surface area (Å²) in [6.45, 7) is 6.71. The number of aromatic hydroxyl groups is 1. The van der Waals surface area contributed by atoms with Gasteiger partial charge in [-0.2, -0.15) is 0 Å². The number of ether oxygens (including phenoxy) is 1. The Bertz CT molecular complexity index is 632. The first kappa shape index (κ1) is 16.3. The molecule has 0 saturated heterocycles. The Morgan fingerprint density at radius 1 is 1.41 bits per heavy atom. The van der Waals surface area contributed by atoms with Crippen molar-refractivity contribution in [2.75, 3.05) is 0 Å². The molecule has 0 aliphatic carbocycles. The Kier molecular flexibility index (Phi) is 3.94. The number of hydrogen-bond acceptors (Lipinski definition) is 4. The lowest BCUT2D eigenvalue weighted by atomic mass is 9.71. The van der Waals surface area contributed by atoms with Crippen LogP contribution in [0.5, 0.6) is 11.5 Å². The number of carbonyl (C=O) groups is 2. The number of phenols is 1. The average molecular weight is 306 g/mol. The summed E-state index contributed by atoms with van der Waals surface area (Å²) in [5, 5.41) is 19.5. The Labute approximate surface area is 129 Å². The maximum atomic E-state index is 12.5. The van der Waals surface area contributed by atoms with Crippen LogP contribution in [-0.4, -0.2) is 27.6 Å². The van der Waals surface area contributed by atoms with E-state index in [1.165, 1.54) is 6.07 Å². The fraction of sp³-hybridized carbons (Fsp3) is 0.529. The second-order valence-electron chi connectivity index (χ2n) is 6.55. The number of Topliss-reactive ketones (excluding diaryl/α,β-unsaturated/α-hetero) is 1. The van der Waals surface area contributed by atoms with Gasteiger partial charge in [0.25, 0.3) is 0 Å². The van der Waals surface area contributed by atoms with Gasteiger partial charge in [-0.1, -0.05) is 13.3 Å². The van der Waals surface area contributed by atoms with E-state index in [1.807, 2.05) is 6.92 Å². The van der Waals surface area contributed by atoms with E-state index in [0.717, 1.165) is 6.42 Å². The number of hydrogen-bond donors (Lipinski definition) is 2. The molecule has 0 radical (unpaired) electrons. The van der Waals surface area contributed by atoms with Gasteiger partial charge < -0.3 is 14.9 Å². The van der Waals surface area contributed by atoms with Gasteiger partial charge in [-0.3, -0.25) is 9.59 Å². The number of carbonyl (C=O) groups excluding carboxylic acids is 1. The van der Waals surface area contributed by atoms with Crippen LogP contribution in [0.1, 0.15) is 56.5 Å². The lowest BCUT2D eigenvalue weighted by Gasteiger charge is -2.44. The summed E-state index contributed by atoms with van der Waals surface area (Å²) in [5.41, 5.74) is -1.42. The summed E-state index contributed by atoms with van der Waals surface area (Å²) in [4.78, 5) is 24.1. The number of fused-ring (bicyclic) bond motifs is 1. The lowest BCUT2D eigenvalue weighted by molar-refractivity contribution is -0.160. The van der Waals surface area contributed by atoms with Gasteiger partial charge in [-0.25, -0.2) is 0 Å². The Morgan fingerprint density at radius 2 is 2.05 bits per heavy atom. The molecule has 1 atom stereocenters. The van der Waals surface area contributed by atoms with Crippen LogP contribution in [-0.2, 0) is 11.2 Å². The number of carboxylic acid groups (broad SMARTS) is 1. The van der Waals surface area contributed by atoms with Crippen LogP contribution in [0.4, 0.5) is 0 Å². The minimum Gasteiger partial charge on any atom is -0.508 e. The summed E-state index contributed by atoms with van der Waals surface area (Å²) in [5.74, 6) is -0.778. The molecule has 22 heavy (non-hydrogen) atoms. The molecule has 2 N–H and O–H groups in total. The van der Waals surface area contributed by atoms with Gasteiger partial charge in [0.1, 0.15) is 22.5 Å². The molecule has 0 spiro atoms. The summed E-state index contributed by atoms with van der Waals surface area (Å²) >= 11 is 0. The first-order valence-corrected chi connectivity index (χ1v) is 7.44. The monoisotopic (exact) mass is 306 g/mol. The number of aliphatic carboxylic acids is 1. The van der Waals surface area contributed by atoms with Crippen LogP contribution < -0.4 is 4.74 Å². The van der Waals surface area contributed by atoms with Crippen molar-refractivity contribution in [3.8, 4) is 11.5 Å². The van der Waals surface area contributed by atoms with E-state index in [0.29, 0.717) is 23.3 Å². The van der Waals surface area contributed by atoms with E-state index in [1.54, 1.807) is 26.8 Å². The predicted octanol–water partition coefficient (Wildman–Crippen LogP) is 3.18. The summed E-state index contributed by atoms with van der Waals surface area (Å²) in [6, 6.07) is 3.04. The number of ketones is 1.